The van der Waals surface area contributed by atoms with Gasteiger partial charge >= 0.3 is 0 Å². The molecule has 1 fully saturated rings. The number of benzene rings is 2. The van der Waals surface area contributed by atoms with Crippen LogP contribution in [0.3, 0.4) is 0 Å². The molecule has 0 amide bonds. The molecule has 0 radical (unpaired) electrons. The summed E-state index contributed by atoms with van der Waals surface area (Å²) in [6, 6.07) is 9.65. The van der Waals surface area contributed by atoms with Crippen molar-refractivity contribution in [3.63, 3.8) is 0 Å². The van der Waals surface area contributed by atoms with Gasteiger partial charge in [-0.1, -0.05) is 18.2 Å². The maximum absolute atomic E-state index is 13.5. The molecule has 4 nitrogen and oxygen atoms in total. The Morgan fingerprint density at radius 1 is 1.21 bits per heavy atom. The van der Waals surface area contributed by atoms with E-state index in [4.69, 9.17) is 9.47 Å². The number of nitrogens with zero attached hydrogens (tertiary/aromatic N) is 1. The van der Waals surface area contributed by atoms with Crippen LogP contribution in [-0.4, -0.2) is 49.0 Å². The summed E-state index contributed by atoms with van der Waals surface area (Å²) in [5.74, 6) is -0.976. The van der Waals surface area contributed by atoms with Crippen LogP contribution in [0.5, 0.6) is 5.75 Å². The molecule has 0 spiro atoms. The number of aliphatic hydroxyl groups is 1. The number of aliphatic hydroxyl groups excluding tert-OH is 1. The topological polar surface area (TPSA) is 41.9 Å². The Hall–Kier alpha value is -1.73. The van der Waals surface area contributed by atoms with E-state index in [1.807, 2.05) is 36.9 Å². The van der Waals surface area contributed by atoms with E-state index in [9.17, 15) is 13.9 Å². The quantitative estimate of drug-likeness (QED) is 0.781. The number of hydrogen-bond acceptors (Lipinski definition) is 4. The van der Waals surface area contributed by atoms with Crippen molar-refractivity contribution in [1.29, 1.82) is 0 Å². The van der Waals surface area contributed by atoms with Crippen LogP contribution in [0, 0.1) is 25.5 Å². The Morgan fingerprint density at radius 3 is 2.75 bits per heavy atom. The molecular formula is C21H26ClF2NO3. The lowest BCUT2D eigenvalue weighted by Crippen LogP contribution is -2.43. The fraction of sp³-hybridized carbons (Fsp3) is 0.429. The average Bonchev–Trinajstić information content (AvgIpc) is 2.65. The highest BCUT2D eigenvalue weighted by Gasteiger charge is 2.24. The number of β-amino-alcohol motifs (C(OH)–C–C–N with tert-alkyl or cyclic N) is 1. The van der Waals surface area contributed by atoms with E-state index in [-0.39, 0.29) is 25.1 Å². The van der Waals surface area contributed by atoms with Gasteiger partial charge in [0.25, 0.3) is 0 Å². The molecule has 0 aliphatic carbocycles. The second-order valence-corrected chi connectivity index (χ2v) is 6.96. The molecule has 2 atom stereocenters. The Labute approximate surface area is 170 Å². The monoisotopic (exact) mass is 413 g/mol. The van der Waals surface area contributed by atoms with Gasteiger partial charge in [0, 0.05) is 19.6 Å². The highest BCUT2D eigenvalue weighted by Crippen LogP contribution is 2.24. The summed E-state index contributed by atoms with van der Waals surface area (Å²) in [4.78, 5) is 2.05. The lowest BCUT2D eigenvalue weighted by atomic mass is 10.1. The second kappa shape index (κ2) is 10.2. The van der Waals surface area contributed by atoms with Crippen LogP contribution in [0.1, 0.15) is 22.8 Å². The number of rotatable bonds is 6. The average molecular weight is 414 g/mol. The van der Waals surface area contributed by atoms with Crippen LogP contribution in [0.25, 0.3) is 0 Å². The SMILES string of the molecule is Cc1cccc(OCC(O)CN2CCOC(c3ccc(F)c(F)c3)C2)c1C.Cl. The first-order valence-electron chi connectivity index (χ1n) is 9.10. The summed E-state index contributed by atoms with van der Waals surface area (Å²) in [6.45, 7) is 6.27. The number of aryl methyl sites for hydroxylation is 1. The molecule has 1 heterocycles. The summed E-state index contributed by atoms with van der Waals surface area (Å²) < 4.78 is 38.0. The van der Waals surface area contributed by atoms with E-state index >= 15 is 0 Å². The zero-order valence-electron chi connectivity index (χ0n) is 16.0. The molecule has 3 rings (SSSR count). The summed E-state index contributed by atoms with van der Waals surface area (Å²) in [6.07, 6.45) is -1.00. The minimum atomic E-state index is -0.879. The number of hydrogen-bond donors (Lipinski definition) is 1. The predicted molar refractivity (Wildman–Crippen MR) is 106 cm³/mol. The van der Waals surface area contributed by atoms with Crippen molar-refractivity contribution in [2.75, 3.05) is 32.8 Å². The van der Waals surface area contributed by atoms with E-state index < -0.39 is 17.7 Å². The summed E-state index contributed by atoms with van der Waals surface area (Å²) in [5.41, 5.74) is 2.80. The standard InChI is InChI=1S/C21H25F2NO3.ClH/c1-14-4-3-5-20(15(14)2)27-13-17(25)11-24-8-9-26-21(12-24)16-6-7-18(22)19(23)10-16;/h3-7,10,17,21,25H,8-9,11-13H2,1-2H3;1H. The molecule has 1 saturated heterocycles. The van der Waals surface area contributed by atoms with Gasteiger partial charge in [-0.15, -0.1) is 12.4 Å². The van der Waals surface area contributed by atoms with E-state index in [2.05, 4.69) is 0 Å². The molecule has 1 aliphatic rings. The van der Waals surface area contributed by atoms with E-state index in [0.29, 0.717) is 31.8 Å². The zero-order valence-corrected chi connectivity index (χ0v) is 16.8. The highest BCUT2D eigenvalue weighted by atomic mass is 35.5. The first kappa shape index (κ1) is 22.6. The molecule has 154 valence electrons. The van der Waals surface area contributed by atoms with Crippen LogP contribution in [0.4, 0.5) is 8.78 Å². The van der Waals surface area contributed by atoms with Crippen molar-refractivity contribution in [3.8, 4) is 5.75 Å². The van der Waals surface area contributed by atoms with Gasteiger partial charge in [-0.3, -0.25) is 4.90 Å². The van der Waals surface area contributed by atoms with E-state index in [0.717, 1.165) is 22.9 Å². The Balaban J connectivity index is 0.00000280. The molecule has 2 aromatic carbocycles. The van der Waals surface area contributed by atoms with Gasteiger partial charge in [0.05, 0.1) is 12.7 Å². The lowest BCUT2D eigenvalue weighted by molar-refractivity contribution is -0.0461. The third-order valence-electron chi connectivity index (χ3n) is 4.92. The maximum Gasteiger partial charge on any atom is 0.159 e. The lowest BCUT2D eigenvalue weighted by Gasteiger charge is -2.34. The Morgan fingerprint density at radius 2 is 2.00 bits per heavy atom. The second-order valence-electron chi connectivity index (χ2n) is 6.96. The molecule has 0 saturated carbocycles. The number of halogens is 3. The number of ether oxygens (including phenoxy) is 2. The maximum atomic E-state index is 13.5. The minimum Gasteiger partial charge on any atom is -0.491 e. The van der Waals surface area contributed by atoms with Crippen LogP contribution in [0.15, 0.2) is 36.4 Å². The van der Waals surface area contributed by atoms with Crippen molar-refractivity contribution in [1.82, 2.24) is 4.90 Å². The largest absolute Gasteiger partial charge is 0.491 e. The van der Waals surface area contributed by atoms with Crippen LogP contribution in [0.2, 0.25) is 0 Å². The van der Waals surface area contributed by atoms with E-state index in [1.165, 1.54) is 12.1 Å². The fourth-order valence-corrected chi connectivity index (χ4v) is 3.20. The van der Waals surface area contributed by atoms with Gasteiger partial charge in [-0.25, -0.2) is 8.78 Å². The summed E-state index contributed by atoms with van der Waals surface area (Å²) >= 11 is 0. The number of morpholine rings is 1. The molecule has 2 unspecified atom stereocenters. The third-order valence-corrected chi connectivity index (χ3v) is 4.92. The molecular weight excluding hydrogens is 388 g/mol. The first-order valence-corrected chi connectivity index (χ1v) is 9.10. The molecule has 1 aliphatic heterocycles. The van der Waals surface area contributed by atoms with Crippen LogP contribution >= 0.6 is 12.4 Å². The molecule has 1 N–H and O–H groups in total. The Bertz CT molecular complexity index is 790. The van der Waals surface area contributed by atoms with Gasteiger partial charge in [-0.2, -0.15) is 0 Å². The Kier molecular flexibility index (Phi) is 8.19. The molecule has 0 bridgehead atoms. The predicted octanol–water partition coefficient (Wildman–Crippen LogP) is 3.82. The third kappa shape index (κ3) is 5.64. The fourth-order valence-electron chi connectivity index (χ4n) is 3.20. The molecule has 7 heteroatoms. The highest BCUT2D eigenvalue weighted by molar-refractivity contribution is 5.85. The van der Waals surface area contributed by atoms with Crippen molar-refractivity contribution in [3.05, 3.63) is 64.7 Å². The van der Waals surface area contributed by atoms with Crippen molar-refractivity contribution >= 4 is 12.4 Å². The van der Waals surface area contributed by atoms with Crippen molar-refractivity contribution in [2.24, 2.45) is 0 Å². The minimum absolute atomic E-state index is 0. The molecule has 28 heavy (non-hydrogen) atoms. The van der Waals surface area contributed by atoms with Gasteiger partial charge in [0.15, 0.2) is 11.6 Å². The first-order chi connectivity index (χ1) is 12.9. The smallest absolute Gasteiger partial charge is 0.159 e. The van der Waals surface area contributed by atoms with Gasteiger partial charge in [0.2, 0.25) is 0 Å². The molecule has 0 aromatic heterocycles. The van der Waals surface area contributed by atoms with Gasteiger partial charge in [0.1, 0.15) is 18.5 Å². The van der Waals surface area contributed by atoms with Crippen molar-refractivity contribution in [2.45, 2.75) is 26.1 Å². The van der Waals surface area contributed by atoms with Gasteiger partial charge < -0.3 is 14.6 Å². The summed E-state index contributed by atoms with van der Waals surface area (Å²) in [7, 11) is 0. The van der Waals surface area contributed by atoms with Crippen LogP contribution < -0.4 is 4.74 Å². The summed E-state index contributed by atoms with van der Waals surface area (Å²) in [5, 5.41) is 10.3. The zero-order chi connectivity index (χ0) is 19.4. The molecule has 2 aromatic rings. The van der Waals surface area contributed by atoms with E-state index in [1.54, 1.807) is 0 Å². The van der Waals surface area contributed by atoms with Gasteiger partial charge in [-0.05, 0) is 48.7 Å². The van der Waals surface area contributed by atoms with Crippen molar-refractivity contribution < 1.29 is 23.4 Å². The van der Waals surface area contributed by atoms with Crippen LogP contribution in [-0.2, 0) is 4.74 Å². The normalized spacial score (nSPS) is 18.4.